The topological polar surface area (TPSA) is 86.7 Å². The molecule has 0 unspecified atom stereocenters. The summed E-state index contributed by atoms with van der Waals surface area (Å²) in [7, 11) is -2.32. The molecule has 1 heterocycles. The molecular weight excluding hydrogens is 270 g/mol. The molecule has 1 fully saturated rings. The molecule has 0 aliphatic carbocycles. The first kappa shape index (κ1) is 13.8. The summed E-state index contributed by atoms with van der Waals surface area (Å²) in [5, 5.41) is 11.0. The molecule has 1 aromatic carbocycles. The van der Waals surface area contributed by atoms with E-state index in [0.29, 0.717) is 12.2 Å². The van der Waals surface area contributed by atoms with E-state index in [1.807, 2.05) is 0 Å². The maximum absolute atomic E-state index is 12.3. The molecule has 1 aliphatic rings. The Bertz CT molecular complexity index is 566. The predicted octanol–water partition coefficient (Wildman–Crippen LogP) is -0.402. The van der Waals surface area contributed by atoms with Crippen molar-refractivity contribution in [2.24, 2.45) is 0 Å². The van der Waals surface area contributed by atoms with Gasteiger partial charge in [-0.3, -0.25) is 0 Å². The maximum Gasteiger partial charge on any atom is 0.243 e. The molecule has 0 amide bonds. The van der Waals surface area contributed by atoms with Crippen LogP contribution in [-0.4, -0.2) is 38.4 Å². The Morgan fingerprint density at radius 3 is 2.53 bits per heavy atom. The van der Waals surface area contributed by atoms with Gasteiger partial charge in [0.1, 0.15) is 5.75 Å². The summed E-state index contributed by atoms with van der Waals surface area (Å²) in [6.07, 6.45) is 0.811. The van der Waals surface area contributed by atoms with Crippen molar-refractivity contribution in [3.05, 3.63) is 24.3 Å². The van der Waals surface area contributed by atoms with Gasteiger partial charge in [-0.2, -0.15) is 4.31 Å². The van der Waals surface area contributed by atoms with Crippen molar-refractivity contribution in [3.8, 4) is 5.75 Å². The second-order valence-corrected chi connectivity index (χ2v) is 6.16. The molecule has 1 aromatic rings. The minimum Gasteiger partial charge on any atom is -0.548 e. The maximum atomic E-state index is 12.3. The molecule has 0 bridgehead atoms. The number of carbonyl (C=O) groups excluding carboxylic acids is 1. The third kappa shape index (κ3) is 2.57. The lowest BCUT2D eigenvalue weighted by molar-refractivity contribution is -0.309. The quantitative estimate of drug-likeness (QED) is 0.750. The number of carboxylic acids is 1. The van der Waals surface area contributed by atoms with E-state index in [0.717, 1.165) is 4.31 Å². The number of rotatable bonds is 4. The molecule has 1 aliphatic heterocycles. The first-order valence-electron chi connectivity index (χ1n) is 5.83. The SMILES string of the molecule is COc1ccc(S(=O)(=O)N2CCC[C@H]2C(=O)[O-])cc1. The Labute approximate surface area is 111 Å². The number of methoxy groups -OCH3 is 1. The van der Waals surface area contributed by atoms with Crippen LogP contribution in [0.2, 0.25) is 0 Å². The van der Waals surface area contributed by atoms with E-state index in [1.54, 1.807) is 0 Å². The van der Waals surface area contributed by atoms with Crippen LogP contribution in [0, 0.1) is 0 Å². The molecular formula is C12H14NO5S-. The lowest BCUT2D eigenvalue weighted by Crippen LogP contribution is -2.46. The molecule has 0 spiro atoms. The Morgan fingerprint density at radius 1 is 1.37 bits per heavy atom. The van der Waals surface area contributed by atoms with E-state index in [2.05, 4.69) is 0 Å². The molecule has 7 heteroatoms. The van der Waals surface area contributed by atoms with Crippen molar-refractivity contribution in [1.29, 1.82) is 0 Å². The van der Waals surface area contributed by atoms with Gasteiger partial charge >= 0.3 is 0 Å². The zero-order valence-corrected chi connectivity index (χ0v) is 11.2. The van der Waals surface area contributed by atoms with Crippen molar-refractivity contribution in [2.75, 3.05) is 13.7 Å². The number of hydrogen-bond acceptors (Lipinski definition) is 5. The summed E-state index contributed by atoms with van der Waals surface area (Å²) >= 11 is 0. The molecule has 0 aromatic heterocycles. The number of benzene rings is 1. The van der Waals surface area contributed by atoms with Gasteiger partial charge in [0, 0.05) is 6.54 Å². The number of aliphatic carboxylic acids is 1. The molecule has 0 saturated carbocycles. The lowest BCUT2D eigenvalue weighted by atomic mass is 10.2. The van der Waals surface area contributed by atoms with Gasteiger partial charge in [0.15, 0.2) is 0 Å². The normalized spacial score (nSPS) is 20.4. The number of ether oxygens (including phenoxy) is 1. The standard InChI is InChI=1S/C12H15NO5S/c1-18-9-4-6-10(7-5-9)19(16,17)13-8-2-3-11(13)12(14)15/h4-7,11H,2-3,8H2,1H3,(H,14,15)/p-1/t11-/m0/s1. The summed E-state index contributed by atoms with van der Waals surface area (Å²) in [4.78, 5) is 11.0. The van der Waals surface area contributed by atoms with Gasteiger partial charge in [-0.25, -0.2) is 8.42 Å². The summed E-state index contributed by atoms with van der Waals surface area (Å²) in [6, 6.07) is 4.78. The molecule has 1 atom stereocenters. The van der Waals surface area contributed by atoms with E-state index in [1.165, 1.54) is 31.4 Å². The zero-order valence-electron chi connectivity index (χ0n) is 10.4. The lowest BCUT2D eigenvalue weighted by Gasteiger charge is -2.24. The zero-order chi connectivity index (χ0) is 14.0. The second kappa shape index (κ2) is 5.18. The Hall–Kier alpha value is -1.60. The van der Waals surface area contributed by atoms with E-state index in [9.17, 15) is 18.3 Å². The average Bonchev–Trinajstić information content (AvgIpc) is 2.89. The van der Waals surface area contributed by atoms with Crippen LogP contribution < -0.4 is 9.84 Å². The first-order chi connectivity index (χ1) is 8.96. The summed E-state index contributed by atoms with van der Waals surface area (Å²) in [5.41, 5.74) is 0. The van der Waals surface area contributed by atoms with Crippen molar-refractivity contribution in [2.45, 2.75) is 23.8 Å². The highest BCUT2D eigenvalue weighted by Crippen LogP contribution is 2.26. The Morgan fingerprint density at radius 2 is 2.00 bits per heavy atom. The van der Waals surface area contributed by atoms with Gasteiger partial charge in [0.05, 0.1) is 24.0 Å². The van der Waals surface area contributed by atoms with Crippen molar-refractivity contribution in [1.82, 2.24) is 4.31 Å². The summed E-state index contributed by atoms with van der Waals surface area (Å²) in [6.45, 7) is 0.201. The van der Waals surface area contributed by atoms with Crippen molar-refractivity contribution >= 4 is 16.0 Å². The fourth-order valence-electron chi connectivity index (χ4n) is 2.15. The van der Waals surface area contributed by atoms with Crippen LogP contribution in [0.4, 0.5) is 0 Å². The predicted molar refractivity (Wildman–Crippen MR) is 64.9 cm³/mol. The number of nitrogens with zero attached hydrogens (tertiary/aromatic N) is 1. The average molecular weight is 284 g/mol. The van der Waals surface area contributed by atoms with Crippen molar-refractivity contribution < 1.29 is 23.1 Å². The van der Waals surface area contributed by atoms with E-state index in [4.69, 9.17) is 4.74 Å². The third-order valence-electron chi connectivity index (χ3n) is 3.14. The molecule has 104 valence electrons. The molecule has 0 radical (unpaired) electrons. The highest BCUT2D eigenvalue weighted by atomic mass is 32.2. The first-order valence-corrected chi connectivity index (χ1v) is 7.27. The minimum atomic E-state index is -3.80. The van der Waals surface area contributed by atoms with E-state index < -0.39 is 22.0 Å². The molecule has 2 rings (SSSR count). The van der Waals surface area contributed by atoms with Gasteiger partial charge in [-0.1, -0.05) is 0 Å². The fraction of sp³-hybridized carbons (Fsp3) is 0.417. The van der Waals surface area contributed by atoms with Crippen LogP contribution in [0.3, 0.4) is 0 Å². The Kier molecular flexibility index (Phi) is 3.77. The molecule has 0 N–H and O–H groups in total. The van der Waals surface area contributed by atoms with Gasteiger partial charge in [0.2, 0.25) is 10.0 Å². The number of carbonyl (C=O) groups is 1. The van der Waals surface area contributed by atoms with Gasteiger partial charge in [-0.05, 0) is 37.1 Å². The highest BCUT2D eigenvalue weighted by molar-refractivity contribution is 7.89. The van der Waals surface area contributed by atoms with E-state index in [-0.39, 0.29) is 17.9 Å². The summed E-state index contributed by atoms with van der Waals surface area (Å²) < 4.78 is 30.6. The largest absolute Gasteiger partial charge is 0.548 e. The van der Waals surface area contributed by atoms with Crippen LogP contribution >= 0.6 is 0 Å². The smallest absolute Gasteiger partial charge is 0.243 e. The molecule has 6 nitrogen and oxygen atoms in total. The summed E-state index contributed by atoms with van der Waals surface area (Å²) in [5.74, 6) is -0.814. The number of hydrogen-bond donors (Lipinski definition) is 0. The van der Waals surface area contributed by atoms with Gasteiger partial charge < -0.3 is 14.6 Å². The van der Waals surface area contributed by atoms with Crippen LogP contribution in [0.25, 0.3) is 0 Å². The van der Waals surface area contributed by atoms with E-state index >= 15 is 0 Å². The monoisotopic (exact) mass is 284 g/mol. The fourth-order valence-corrected chi connectivity index (χ4v) is 3.79. The van der Waals surface area contributed by atoms with Crippen LogP contribution in [-0.2, 0) is 14.8 Å². The number of carboxylic acid groups (broad SMARTS) is 1. The van der Waals surface area contributed by atoms with Gasteiger partial charge in [-0.15, -0.1) is 0 Å². The van der Waals surface area contributed by atoms with Gasteiger partial charge in [0.25, 0.3) is 0 Å². The van der Waals surface area contributed by atoms with Crippen LogP contribution in [0.1, 0.15) is 12.8 Å². The molecule has 1 saturated heterocycles. The third-order valence-corrected chi connectivity index (χ3v) is 5.06. The highest BCUT2D eigenvalue weighted by Gasteiger charge is 2.35. The molecule has 19 heavy (non-hydrogen) atoms. The van der Waals surface area contributed by atoms with Crippen LogP contribution in [0.5, 0.6) is 5.75 Å². The van der Waals surface area contributed by atoms with Crippen LogP contribution in [0.15, 0.2) is 29.2 Å². The Balaban J connectivity index is 2.33. The second-order valence-electron chi connectivity index (χ2n) is 4.27. The minimum absolute atomic E-state index is 0.0569. The number of sulfonamides is 1. The van der Waals surface area contributed by atoms with Crippen molar-refractivity contribution in [3.63, 3.8) is 0 Å².